The topological polar surface area (TPSA) is 60.5 Å². The van der Waals surface area contributed by atoms with E-state index in [1.165, 1.54) is 6.92 Å². The molecule has 2 aromatic carbocycles. The van der Waals surface area contributed by atoms with Gasteiger partial charge in [-0.25, -0.2) is 4.98 Å². The molecule has 0 spiro atoms. The first kappa shape index (κ1) is 17.9. The van der Waals surface area contributed by atoms with Crippen molar-refractivity contribution < 1.29 is 14.3 Å². The van der Waals surface area contributed by atoms with Gasteiger partial charge < -0.3 is 14.8 Å². The van der Waals surface area contributed by atoms with Crippen LogP contribution in [0, 0.1) is 6.92 Å². The first-order valence-corrected chi connectivity index (χ1v) is 8.91. The molecule has 0 fully saturated rings. The summed E-state index contributed by atoms with van der Waals surface area (Å²) in [7, 11) is 3.24. The Balaban J connectivity index is 1.93. The van der Waals surface area contributed by atoms with Gasteiger partial charge in [0.1, 0.15) is 5.01 Å². The molecule has 0 radical (unpaired) electrons. The van der Waals surface area contributed by atoms with Gasteiger partial charge in [-0.15, -0.1) is 11.3 Å². The van der Waals surface area contributed by atoms with E-state index >= 15 is 0 Å². The summed E-state index contributed by atoms with van der Waals surface area (Å²) >= 11 is 1.63. The van der Waals surface area contributed by atoms with Crippen LogP contribution in [0.1, 0.15) is 11.8 Å². The highest BCUT2D eigenvalue weighted by Gasteiger charge is 2.13. The van der Waals surface area contributed by atoms with Gasteiger partial charge in [-0.3, -0.25) is 4.79 Å². The largest absolute Gasteiger partial charge is 0.493 e. The van der Waals surface area contributed by atoms with E-state index in [4.69, 9.17) is 14.5 Å². The Morgan fingerprint density at radius 2 is 1.65 bits per heavy atom. The molecule has 3 rings (SSSR count). The van der Waals surface area contributed by atoms with Crippen molar-refractivity contribution in [3.05, 3.63) is 47.3 Å². The lowest BCUT2D eigenvalue weighted by molar-refractivity contribution is -0.114. The summed E-state index contributed by atoms with van der Waals surface area (Å²) in [6.07, 6.45) is 0. The van der Waals surface area contributed by atoms with E-state index in [-0.39, 0.29) is 5.91 Å². The number of hydrogen-bond donors (Lipinski definition) is 1. The van der Waals surface area contributed by atoms with Crippen molar-refractivity contribution in [1.29, 1.82) is 0 Å². The summed E-state index contributed by atoms with van der Waals surface area (Å²) in [4.78, 5) is 17.1. The summed E-state index contributed by atoms with van der Waals surface area (Å²) in [5.41, 5.74) is 3.71. The third kappa shape index (κ3) is 3.70. The zero-order chi connectivity index (χ0) is 18.7. The van der Waals surface area contributed by atoms with Crippen LogP contribution < -0.4 is 14.8 Å². The minimum absolute atomic E-state index is 0.0849. The number of aromatic nitrogens is 1. The average Bonchev–Trinajstić information content (AvgIpc) is 3.03. The van der Waals surface area contributed by atoms with Gasteiger partial charge in [0, 0.05) is 28.6 Å². The Morgan fingerprint density at radius 3 is 2.27 bits per heavy atom. The summed E-state index contributed by atoms with van der Waals surface area (Å²) in [6.45, 7) is 3.55. The molecule has 3 aromatic rings. The molecule has 0 bridgehead atoms. The number of carbonyl (C=O) groups excluding carboxylic acids is 1. The van der Waals surface area contributed by atoms with Crippen LogP contribution in [0.4, 0.5) is 5.69 Å². The number of amides is 1. The number of methoxy groups -OCH3 is 2. The molecular formula is C20H20N2O3S. The van der Waals surface area contributed by atoms with Crippen molar-refractivity contribution in [3.8, 4) is 33.3 Å². The van der Waals surface area contributed by atoms with Crippen LogP contribution in [0.15, 0.2) is 42.5 Å². The third-order valence-corrected chi connectivity index (χ3v) is 4.93. The van der Waals surface area contributed by atoms with E-state index in [0.29, 0.717) is 11.5 Å². The predicted molar refractivity (Wildman–Crippen MR) is 105 cm³/mol. The van der Waals surface area contributed by atoms with Crippen LogP contribution in [-0.2, 0) is 4.79 Å². The predicted octanol–water partition coefficient (Wildman–Crippen LogP) is 4.76. The van der Waals surface area contributed by atoms with Crippen LogP contribution in [0.25, 0.3) is 21.8 Å². The maximum Gasteiger partial charge on any atom is 0.221 e. The van der Waals surface area contributed by atoms with Crippen molar-refractivity contribution in [1.82, 2.24) is 4.98 Å². The molecular weight excluding hydrogens is 348 g/mol. The zero-order valence-electron chi connectivity index (χ0n) is 15.1. The van der Waals surface area contributed by atoms with Crippen molar-refractivity contribution in [2.24, 2.45) is 0 Å². The lowest BCUT2D eigenvalue weighted by atomic mass is 10.1. The molecule has 0 saturated carbocycles. The molecule has 0 saturated heterocycles. The fraction of sp³-hybridized carbons (Fsp3) is 0.200. The molecule has 1 aromatic heterocycles. The lowest BCUT2D eigenvalue weighted by Gasteiger charge is -2.08. The van der Waals surface area contributed by atoms with Crippen molar-refractivity contribution in [2.75, 3.05) is 19.5 Å². The third-order valence-electron chi connectivity index (χ3n) is 3.91. The monoisotopic (exact) mass is 368 g/mol. The second kappa shape index (κ2) is 7.58. The molecule has 6 heteroatoms. The summed E-state index contributed by atoms with van der Waals surface area (Å²) < 4.78 is 10.7. The normalized spacial score (nSPS) is 10.5. The number of nitrogens with one attached hydrogen (secondary N) is 1. The van der Waals surface area contributed by atoms with Crippen molar-refractivity contribution in [2.45, 2.75) is 13.8 Å². The van der Waals surface area contributed by atoms with Gasteiger partial charge in [0.15, 0.2) is 11.5 Å². The number of nitrogens with zero attached hydrogens (tertiary/aromatic N) is 1. The Labute approximate surface area is 156 Å². The molecule has 0 aliphatic rings. The Hall–Kier alpha value is -2.86. The summed E-state index contributed by atoms with van der Waals surface area (Å²) in [5.74, 6) is 1.29. The molecule has 134 valence electrons. The van der Waals surface area contributed by atoms with Crippen molar-refractivity contribution in [3.63, 3.8) is 0 Å². The smallest absolute Gasteiger partial charge is 0.221 e. The molecule has 1 amide bonds. The molecule has 0 aliphatic carbocycles. The minimum atomic E-state index is -0.0849. The first-order chi connectivity index (χ1) is 12.5. The number of thiazole rings is 1. The number of hydrogen-bond acceptors (Lipinski definition) is 5. The highest BCUT2D eigenvalue weighted by Crippen LogP contribution is 2.37. The van der Waals surface area contributed by atoms with Gasteiger partial charge in [0.2, 0.25) is 5.91 Å². The van der Waals surface area contributed by atoms with E-state index in [2.05, 4.69) is 12.2 Å². The van der Waals surface area contributed by atoms with E-state index in [0.717, 1.165) is 32.4 Å². The zero-order valence-corrected chi connectivity index (χ0v) is 15.9. The maximum absolute atomic E-state index is 11.1. The highest BCUT2D eigenvalue weighted by atomic mass is 32.1. The van der Waals surface area contributed by atoms with Gasteiger partial charge in [-0.1, -0.05) is 12.1 Å². The summed E-state index contributed by atoms with van der Waals surface area (Å²) in [6, 6.07) is 13.5. The van der Waals surface area contributed by atoms with Crippen LogP contribution in [0.5, 0.6) is 11.5 Å². The van der Waals surface area contributed by atoms with E-state index in [1.807, 2.05) is 42.5 Å². The number of carbonyl (C=O) groups is 1. The number of rotatable bonds is 5. The molecule has 1 N–H and O–H groups in total. The molecule has 0 unspecified atom stereocenters. The van der Waals surface area contributed by atoms with Crippen LogP contribution in [0.3, 0.4) is 0 Å². The number of benzene rings is 2. The fourth-order valence-corrected chi connectivity index (χ4v) is 3.60. The minimum Gasteiger partial charge on any atom is -0.493 e. The highest BCUT2D eigenvalue weighted by molar-refractivity contribution is 7.15. The van der Waals surface area contributed by atoms with Gasteiger partial charge in [0.25, 0.3) is 0 Å². The number of anilines is 1. The van der Waals surface area contributed by atoms with Gasteiger partial charge in [0.05, 0.1) is 19.9 Å². The molecule has 5 nitrogen and oxygen atoms in total. The van der Waals surface area contributed by atoms with Gasteiger partial charge >= 0.3 is 0 Å². The van der Waals surface area contributed by atoms with E-state index < -0.39 is 0 Å². The van der Waals surface area contributed by atoms with Gasteiger partial charge in [-0.05, 0) is 37.3 Å². The lowest BCUT2D eigenvalue weighted by Crippen LogP contribution is -2.05. The Bertz CT molecular complexity index is 933. The van der Waals surface area contributed by atoms with Crippen LogP contribution in [-0.4, -0.2) is 25.1 Å². The molecule has 0 aliphatic heterocycles. The molecule has 0 atom stereocenters. The Morgan fingerprint density at radius 1 is 1.00 bits per heavy atom. The maximum atomic E-state index is 11.1. The second-order valence-electron chi connectivity index (χ2n) is 5.75. The van der Waals surface area contributed by atoms with Crippen LogP contribution in [0.2, 0.25) is 0 Å². The SMILES string of the molecule is COc1ccc(-c2nc(-c3ccc(NC(C)=O)cc3)c(C)s2)cc1OC. The Kier molecular flexibility index (Phi) is 5.23. The van der Waals surface area contributed by atoms with E-state index in [9.17, 15) is 4.79 Å². The van der Waals surface area contributed by atoms with Crippen LogP contribution >= 0.6 is 11.3 Å². The van der Waals surface area contributed by atoms with Gasteiger partial charge in [-0.2, -0.15) is 0 Å². The average molecular weight is 368 g/mol. The first-order valence-electron chi connectivity index (χ1n) is 8.09. The van der Waals surface area contributed by atoms with Crippen molar-refractivity contribution >= 4 is 22.9 Å². The standard InChI is InChI=1S/C20H20N2O3S/c1-12-19(14-5-8-16(9-6-14)21-13(2)23)22-20(26-12)15-7-10-17(24-3)18(11-15)25-4/h5-11H,1-4H3,(H,21,23). The molecule has 1 heterocycles. The fourth-order valence-electron chi connectivity index (χ4n) is 2.67. The van der Waals surface area contributed by atoms with E-state index in [1.54, 1.807) is 25.6 Å². The second-order valence-corrected chi connectivity index (χ2v) is 6.96. The quantitative estimate of drug-likeness (QED) is 0.705. The molecule has 26 heavy (non-hydrogen) atoms. The number of aryl methyl sites for hydroxylation is 1. The number of ether oxygens (including phenoxy) is 2. The summed E-state index contributed by atoms with van der Waals surface area (Å²) in [5, 5.41) is 3.69.